The minimum absolute atomic E-state index is 0.381. The Bertz CT molecular complexity index is 227. The Labute approximate surface area is 60.4 Å². The highest BCUT2D eigenvalue weighted by molar-refractivity contribution is 5.24. The highest BCUT2D eigenvalue weighted by Crippen LogP contribution is 2.18. The molecule has 0 saturated heterocycles. The van der Waals surface area contributed by atoms with E-state index in [1.165, 1.54) is 11.3 Å². The Morgan fingerprint density at radius 3 is 3.40 bits per heavy atom. The van der Waals surface area contributed by atoms with Gasteiger partial charge in [0.2, 0.25) is 0 Å². The van der Waals surface area contributed by atoms with Gasteiger partial charge in [0.1, 0.15) is 0 Å². The summed E-state index contributed by atoms with van der Waals surface area (Å²) in [4.78, 5) is 3.21. The number of nitrogens with one attached hydrogen (secondary N) is 1. The van der Waals surface area contributed by atoms with E-state index in [2.05, 4.69) is 11.1 Å². The van der Waals surface area contributed by atoms with Crippen molar-refractivity contribution in [3.8, 4) is 0 Å². The molecule has 54 valence electrons. The van der Waals surface area contributed by atoms with E-state index < -0.39 is 0 Å². The Balaban J connectivity index is 2.30. The van der Waals surface area contributed by atoms with E-state index in [0.29, 0.717) is 6.04 Å². The fourth-order valence-electron chi connectivity index (χ4n) is 1.57. The number of rotatable bonds is 0. The van der Waals surface area contributed by atoms with Crippen molar-refractivity contribution < 1.29 is 0 Å². The first-order chi connectivity index (χ1) is 4.86. The molecule has 0 aliphatic heterocycles. The summed E-state index contributed by atoms with van der Waals surface area (Å²) >= 11 is 0. The lowest BCUT2D eigenvalue weighted by atomic mass is 9.94. The molecule has 0 spiro atoms. The predicted molar refractivity (Wildman–Crippen MR) is 40.8 cm³/mol. The maximum atomic E-state index is 5.79. The Kier molecular flexibility index (Phi) is 1.27. The van der Waals surface area contributed by atoms with E-state index in [-0.39, 0.29) is 0 Å². The van der Waals surface area contributed by atoms with Crippen LogP contribution < -0.4 is 5.73 Å². The molecule has 1 heterocycles. The second-order valence-corrected chi connectivity index (χ2v) is 2.98. The summed E-state index contributed by atoms with van der Waals surface area (Å²) in [5.74, 6) is 0. The van der Waals surface area contributed by atoms with Crippen molar-refractivity contribution in [1.29, 1.82) is 0 Å². The molecule has 1 aromatic heterocycles. The number of hydrogen-bond acceptors (Lipinski definition) is 1. The van der Waals surface area contributed by atoms with Crippen molar-refractivity contribution in [2.75, 3.05) is 0 Å². The SMILES string of the molecule is NC1CCc2cc[nH]c2C1. The summed E-state index contributed by atoms with van der Waals surface area (Å²) in [6, 6.07) is 2.53. The largest absolute Gasteiger partial charge is 0.365 e. The summed E-state index contributed by atoms with van der Waals surface area (Å²) in [6.07, 6.45) is 5.33. The third-order valence-electron chi connectivity index (χ3n) is 2.18. The van der Waals surface area contributed by atoms with Crippen LogP contribution in [-0.4, -0.2) is 11.0 Å². The van der Waals surface area contributed by atoms with Gasteiger partial charge in [0.05, 0.1) is 0 Å². The highest BCUT2D eigenvalue weighted by Gasteiger charge is 2.14. The second-order valence-electron chi connectivity index (χ2n) is 2.98. The monoisotopic (exact) mass is 136 g/mol. The van der Waals surface area contributed by atoms with Crippen molar-refractivity contribution in [2.45, 2.75) is 25.3 Å². The van der Waals surface area contributed by atoms with Gasteiger partial charge in [0.15, 0.2) is 0 Å². The van der Waals surface area contributed by atoms with Crippen LogP contribution in [0, 0.1) is 0 Å². The van der Waals surface area contributed by atoms with Crippen molar-refractivity contribution >= 4 is 0 Å². The smallest absolute Gasteiger partial charge is 0.0195 e. The van der Waals surface area contributed by atoms with Crippen LogP contribution in [0.5, 0.6) is 0 Å². The molecule has 1 aliphatic carbocycles. The highest BCUT2D eigenvalue weighted by atomic mass is 14.7. The van der Waals surface area contributed by atoms with E-state index in [9.17, 15) is 0 Å². The summed E-state index contributed by atoms with van der Waals surface area (Å²) in [7, 11) is 0. The number of aromatic amines is 1. The lowest BCUT2D eigenvalue weighted by molar-refractivity contribution is 0.570. The number of hydrogen-bond donors (Lipinski definition) is 2. The first-order valence-electron chi connectivity index (χ1n) is 3.77. The van der Waals surface area contributed by atoms with Crippen LogP contribution in [-0.2, 0) is 12.8 Å². The van der Waals surface area contributed by atoms with Crippen LogP contribution in [0.1, 0.15) is 17.7 Å². The van der Waals surface area contributed by atoms with Gasteiger partial charge in [-0.1, -0.05) is 0 Å². The third-order valence-corrected chi connectivity index (χ3v) is 2.18. The lowest BCUT2D eigenvalue weighted by Crippen LogP contribution is -2.27. The molecule has 3 N–H and O–H groups in total. The normalized spacial score (nSPS) is 24.3. The van der Waals surface area contributed by atoms with E-state index >= 15 is 0 Å². The van der Waals surface area contributed by atoms with Crippen molar-refractivity contribution in [3.05, 3.63) is 23.5 Å². The fourth-order valence-corrected chi connectivity index (χ4v) is 1.57. The zero-order valence-electron chi connectivity index (χ0n) is 5.93. The number of nitrogens with two attached hydrogens (primary N) is 1. The van der Waals surface area contributed by atoms with Crippen molar-refractivity contribution in [1.82, 2.24) is 4.98 Å². The molecule has 1 unspecified atom stereocenters. The van der Waals surface area contributed by atoms with Crippen LogP contribution >= 0.6 is 0 Å². The third kappa shape index (κ3) is 0.847. The molecular weight excluding hydrogens is 124 g/mol. The van der Waals surface area contributed by atoms with Crippen LogP contribution in [0.2, 0.25) is 0 Å². The average molecular weight is 136 g/mol. The van der Waals surface area contributed by atoms with Gasteiger partial charge in [-0.3, -0.25) is 0 Å². The van der Waals surface area contributed by atoms with Gasteiger partial charge in [0, 0.05) is 24.4 Å². The van der Waals surface area contributed by atoms with E-state index in [4.69, 9.17) is 5.73 Å². The zero-order valence-corrected chi connectivity index (χ0v) is 5.93. The summed E-state index contributed by atoms with van der Waals surface area (Å²) < 4.78 is 0. The standard InChI is InChI=1S/C8H12N2/c9-7-2-1-6-3-4-10-8(6)5-7/h3-4,7,10H,1-2,5,9H2. The maximum absolute atomic E-state index is 5.79. The molecule has 0 saturated carbocycles. The van der Waals surface area contributed by atoms with Gasteiger partial charge in [-0.15, -0.1) is 0 Å². The van der Waals surface area contributed by atoms with E-state index in [1.54, 1.807) is 0 Å². The Morgan fingerprint density at radius 1 is 1.60 bits per heavy atom. The van der Waals surface area contributed by atoms with Crippen LogP contribution in [0.3, 0.4) is 0 Å². The molecule has 1 aromatic rings. The fraction of sp³-hybridized carbons (Fsp3) is 0.500. The molecule has 0 aromatic carbocycles. The Hall–Kier alpha value is -0.760. The molecule has 10 heavy (non-hydrogen) atoms. The Morgan fingerprint density at radius 2 is 2.50 bits per heavy atom. The molecule has 2 nitrogen and oxygen atoms in total. The summed E-state index contributed by atoms with van der Waals surface area (Å²) in [5.41, 5.74) is 8.59. The van der Waals surface area contributed by atoms with Crippen LogP contribution in [0.15, 0.2) is 12.3 Å². The molecule has 2 heteroatoms. The number of aryl methyl sites for hydroxylation is 1. The number of fused-ring (bicyclic) bond motifs is 1. The van der Waals surface area contributed by atoms with Gasteiger partial charge in [0.25, 0.3) is 0 Å². The molecular formula is C8H12N2. The van der Waals surface area contributed by atoms with E-state index in [1.807, 2.05) is 6.20 Å². The van der Waals surface area contributed by atoms with Gasteiger partial charge < -0.3 is 10.7 Å². The van der Waals surface area contributed by atoms with Gasteiger partial charge >= 0.3 is 0 Å². The summed E-state index contributed by atoms with van der Waals surface area (Å²) in [6.45, 7) is 0. The maximum Gasteiger partial charge on any atom is 0.0195 e. The van der Waals surface area contributed by atoms with Crippen LogP contribution in [0.25, 0.3) is 0 Å². The number of H-pyrrole nitrogens is 1. The van der Waals surface area contributed by atoms with Crippen molar-refractivity contribution in [3.63, 3.8) is 0 Å². The molecule has 0 bridgehead atoms. The van der Waals surface area contributed by atoms with Crippen molar-refractivity contribution in [2.24, 2.45) is 5.73 Å². The summed E-state index contributed by atoms with van der Waals surface area (Å²) in [5, 5.41) is 0. The number of aromatic nitrogens is 1. The molecule has 2 rings (SSSR count). The van der Waals surface area contributed by atoms with Crippen LogP contribution in [0.4, 0.5) is 0 Å². The quantitative estimate of drug-likeness (QED) is 0.545. The van der Waals surface area contributed by atoms with Gasteiger partial charge in [-0.25, -0.2) is 0 Å². The predicted octanol–water partition coefficient (Wildman–Crippen LogP) is 0.831. The second kappa shape index (κ2) is 2.13. The lowest BCUT2D eigenvalue weighted by Gasteiger charge is -2.17. The average Bonchev–Trinajstić information content (AvgIpc) is 2.33. The van der Waals surface area contributed by atoms with Gasteiger partial charge in [-0.05, 0) is 24.5 Å². The molecule has 0 fully saturated rings. The first kappa shape index (κ1) is 5.98. The molecule has 1 atom stereocenters. The minimum Gasteiger partial charge on any atom is -0.365 e. The first-order valence-corrected chi connectivity index (χ1v) is 3.77. The zero-order chi connectivity index (χ0) is 6.97. The van der Waals surface area contributed by atoms with Gasteiger partial charge in [-0.2, -0.15) is 0 Å². The topological polar surface area (TPSA) is 41.8 Å². The van der Waals surface area contributed by atoms with E-state index in [0.717, 1.165) is 19.3 Å². The molecule has 0 radical (unpaired) electrons. The molecule has 1 aliphatic rings. The molecule has 0 amide bonds. The minimum atomic E-state index is 0.381.